The minimum atomic E-state index is -3.75. The molecule has 2 aromatic rings. The van der Waals surface area contributed by atoms with Crippen molar-refractivity contribution in [3.63, 3.8) is 0 Å². The zero-order valence-electron chi connectivity index (χ0n) is 16.8. The Labute approximate surface area is 175 Å². The van der Waals surface area contributed by atoms with E-state index in [0.29, 0.717) is 17.0 Å². The Bertz CT molecular complexity index is 1030. The van der Waals surface area contributed by atoms with E-state index in [2.05, 4.69) is 25.2 Å². The van der Waals surface area contributed by atoms with E-state index in [1.807, 2.05) is 0 Å². The minimum absolute atomic E-state index is 0.101. The summed E-state index contributed by atoms with van der Waals surface area (Å²) in [5, 5.41) is 10.4. The number of nitrogens with one attached hydrogen (secondary N) is 2. The Morgan fingerprint density at radius 3 is 2.71 bits per heavy atom. The third-order valence-electron chi connectivity index (χ3n) is 4.27. The number of alkyl halides is 2. The van der Waals surface area contributed by atoms with Crippen LogP contribution in [0.3, 0.4) is 0 Å². The smallest absolute Gasteiger partial charge is 0.496 e. The van der Waals surface area contributed by atoms with Gasteiger partial charge in [0, 0.05) is 12.6 Å². The maximum Gasteiger partial charge on any atom is 0.586 e. The van der Waals surface area contributed by atoms with Crippen LogP contribution in [-0.2, 0) is 11.4 Å². The number of oxime groups is 1. The Morgan fingerprint density at radius 1 is 1.26 bits per heavy atom. The van der Waals surface area contributed by atoms with Crippen molar-refractivity contribution in [2.75, 3.05) is 19.5 Å². The topological polar surface area (TPSA) is 118 Å². The van der Waals surface area contributed by atoms with Gasteiger partial charge in [-0.25, -0.2) is 4.79 Å². The third kappa shape index (κ3) is 4.79. The number of halogens is 2. The molecular formula is C19H19F2N5O5. The first-order valence-electron chi connectivity index (χ1n) is 8.89. The lowest BCUT2D eigenvalue weighted by Crippen LogP contribution is -2.26. The molecule has 1 heterocycles. The molecule has 2 N–H and O–H groups in total. The largest absolute Gasteiger partial charge is 0.586 e. The SMILES string of the molecule is COc1cccc(NC(=O)N(C)N=N)c1CON=C(C)c1cccc2c1OC(F)(F)O2. The zero-order chi connectivity index (χ0) is 22.6. The van der Waals surface area contributed by atoms with Crippen LogP contribution >= 0.6 is 0 Å². The van der Waals surface area contributed by atoms with Crippen LogP contribution in [-0.4, -0.2) is 37.2 Å². The summed E-state index contributed by atoms with van der Waals surface area (Å²) in [4.78, 5) is 17.4. The fourth-order valence-electron chi connectivity index (χ4n) is 2.76. The lowest BCUT2D eigenvalue weighted by atomic mass is 10.1. The van der Waals surface area contributed by atoms with Crippen molar-refractivity contribution >= 4 is 17.4 Å². The van der Waals surface area contributed by atoms with Crippen molar-refractivity contribution in [2.24, 2.45) is 10.4 Å². The van der Waals surface area contributed by atoms with Gasteiger partial charge in [0.15, 0.2) is 11.5 Å². The second-order valence-corrected chi connectivity index (χ2v) is 6.29. The molecule has 0 atom stereocenters. The number of urea groups is 1. The third-order valence-corrected chi connectivity index (χ3v) is 4.27. The van der Waals surface area contributed by atoms with E-state index in [0.717, 1.165) is 5.01 Å². The monoisotopic (exact) mass is 435 g/mol. The lowest BCUT2D eigenvalue weighted by molar-refractivity contribution is -0.286. The zero-order valence-corrected chi connectivity index (χ0v) is 16.8. The van der Waals surface area contributed by atoms with Crippen LogP contribution in [0.15, 0.2) is 46.8 Å². The van der Waals surface area contributed by atoms with Crippen LogP contribution in [0, 0.1) is 5.53 Å². The summed E-state index contributed by atoms with van der Waals surface area (Å²) in [6.07, 6.45) is -3.75. The van der Waals surface area contributed by atoms with E-state index >= 15 is 0 Å². The number of amides is 2. The maximum atomic E-state index is 13.4. The van der Waals surface area contributed by atoms with E-state index < -0.39 is 12.3 Å². The number of anilines is 1. The molecule has 0 spiro atoms. The van der Waals surface area contributed by atoms with Crippen molar-refractivity contribution in [2.45, 2.75) is 19.8 Å². The van der Waals surface area contributed by atoms with Crippen LogP contribution in [0.4, 0.5) is 19.3 Å². The summed E-state index contributed by atoms with van der Waals surface area (Å²) in [5.41, 5.74) is 8.30. The average Bonchev–Trinajstić information content (AvgIpc) is 3.07. The molecule has 0 aliphatic carbocycles. The molecule has 0 bridgehead atoms. The number of methoxy groups -OCH3 is 1. The highest BCUT2D eigenvalue weighted by Gasteiger charge is 2.44. The number of ether oxygens (including phenoxy) is 3. The van der Waals surface area contributed by atoms with Crippen LogP contribution in [0.5, 0.6) is 17.2 Å². The molecule has 0 saturated heterocycles. The predicted molar refractivity (Wildman–Crippen MR) is 105 cm³/mol. The van der Waals surface area contributed by atoms with Gasteiger partial charge in [-0.15, -0.1) is 8.78 Å². The summed E-state index contributed by atoms with van der Waals surface area (Å²) < 4.78 is 41.1. The molecule has 10 nitrogen and oxygen atoms in total. The number of hydrogen-bond donors (Lipinski definition) is 2. The van der Waals surface area contributed by atoms with Gasteiger partial charge in [0.25, 0.3) is 0 Å². The first-order chi connectivity index (χ1) is 14.8. The number of carbonyl (C=O) groups is 1. The standard InChI is InChI=1S/C19H19F2N5O5/c1-11(12-6-4-9-16-17(12)31-19(20,21)30-16)24-29-10-13-14(7-5-8-15(13)28-3)23-18(27)26(2)25-22/h4-9,22H,10H2,1-3H3,(H,23,27). The molecular weight excluding hydrogens is 416 g/mol. The van der Waals surface area contributed by atoms with Gasteiger partial charge in [0.05, 0.1) is 24.1 Å². The van der Waals surface area contributed by atoms with Crippen LogP contribution in [0.1, 0.15) is 18.1 Å². The van der Waals surface area contributed by atoms with Gasteiger partial charge in [-0.2, -0.15) is 10.5 Å². The van der Waals surface area contributed by atoms with Gasteiger partial charge in [0.1, 0.15) is 12.4 Å². The minimum Gasteiger partial charge on any atom is -0.496 e. The molecule has 1 aliphatic rings. The Hall–Kier alpha value is -3.96. The van der Waals surface area contributed by atoms with Crippen molar-refractivity contribution in [3.8, 4) is 17.2 Å². The number of fused-ring (bicyclic) bond motifs is 1. The van der Waals surface area contributed by atoms with E-state index in [9.17, 15) is 13.6 Å². The fraction of sp³-hybridized carbons (Fsp3) is 0.263. The first-order valence-corrected chi connectivity index (χ1v) is 8.89. The molecule has 0 radical (unpaired) electrons. The van der Waals surface area contributed by atoms with Crippen LogP contribution < -0.4 is 19.5 Å². The molecule has 2 aromatic carbocycles. The quantitative estimate of drug-likeness (QED) is 0.380. The summed E-state index contributed by atoms with van der Waals surface area (Å²) >= 11 is 0. The molecule has 12 heteroatoms. The molecule has 0 saturated carbocycles. The van der Waals surface area contributed by atoms with Gasteiger partial charge in [-0.05, 0) is 31.2 Å². The van der Waals surface area contributed by atoms with E-state index in [1.165, 1.54) is 26.3 Å². The molecule has 1 aliphatic heterocycles. The number of hydrogen-bond acceptors (Lipinski definition) is 8. The van der Waals surface area contributed by atoms with Gasteiger partial charge < -0.3 is 24.4 Å². The van der Waals surface area contributed by atoms with Gasteiger partial charge >= 0.3 is 12.3 Å². The van der Waals surface area contributed by atoms with Crippen molar-refractivity contribution in [1.29, 1.82) is 5.53 Å². The summed E-state index contributed by atoms with van der Waals surface area (Å²) in [5.74, 6) is 0.188. The number of para-hydroxylation sites is 1. The number of benzene rings is 2. The second-order valence-electron chi connectivity index (χ2n) is 6.29. The fourth-order valence-corrected chi connectivity index (χ4v) is 2.76. The Morgan fingerprint density at radius 2 is 2.00 bits per heavy atom. The Kier molecular flexibility index (Phi) is 6.18. The molecule has 2 amide bonds. The second kappa shape index (κ2) is 8.81. The summed E-state index contributed by atoms with van der Waals surface area (Å²) in [7, 11) is 2.77. The highest BCUT2D eigenvalue weighted by molar-refractivity contribution is 6.01. The summed E-state index contributed by atoms with van der Waals surface area (Å²) in [6, 6.07) is 8.74. The Balaban J connectivity index is 1.79. The van der Waals surface area contributed by atoms with E-state index in [1.54, 1.807) is 31.2 Å². The number of nitrogens with zero attached hydrogens (tertiary/aromatic N) is 3. The van der Waals surface area contributed by atoms with E-state index in [-0.39, 0.29) is 29.4 Å². The molecule has 164 valence electrons. The molecule has 3 rings (SSSR count). The first kappa shape index (κ1) is 21.7. The molecule has 31 heavy (non-hydrogen) atoms. The van der Waals surface area contributed by atoms with E-state index in [4.69, 9.17) is 15.1 Å². The maximum absolute atomic E-state index is 13.4. The normalized spacial score (nSPS) is 14.0. The highest BCUT2D eigenvalue weighted by atomic mass is 19.3. The lowest BCUT2D eigenvalue weighted by Gasteiger charge is -2.16. The molecule has 0 unspecified atom stereocenters. The molecule has 0 fully saturated rings. The van der Waals surface area contributed by atoms with Crippen molar-refractivity contribution < 1.29 is 32.6 Å². The summed E-state index contributed by atoms with van der Waals surface area (Å²) in [6.45, 7) is 1.45. The van der Waals surface area contributed by atoms with Crippen molar-refractivity contribution in [1.82, 2.24) is 5.01 Å². The van der Waals surface area contributed by atoms with Gasteiger partial charge in [-0.3, -0.25) is 0 Å². The highest BCUT2D eigenvalue weighted by Crippen LogP contribution is 2.43. The van der Waals surface area contributed by atoms with Crippen LogP contribution in [0.2, 0.25) is 0 Å². The van der Waals surface area contributed by atoms with Gasteiger partial charge in [0.2, 0.25) is 0 Å². The average molecular weight is 435 g/mol. The van der Waals surface area contributed by atoms with Crippen LogP contribution in [0.25, 0.3) is 0 Å². The molecule has 0 aromatic heterocycles. The predicted octanol–water partition coefficient (Wildman–Crippen LogP) is 4.37. The number of rotatable bonds is 7. The number of carbonyl (C=O) groups excluding carboxylic acids is 1. The van der Waals surface area contributed by atoms with Gasteiger partial charge in [-0.1, -0.05) is 22.5 Å². The van der Waals surface area contributed by atoms with Crippen molar-refractivity contribution in [3.05, 3.63) is 47.5 Å².